The molecule has 0 spiro atoms. The molecule has 0 atom stereocenters. The van der Waals surface area contributed by atoms with E-state index in [9.17, 15) is 9.59 Å². The first-order valence-electron chi connectivity index (χ1n) is 8.79. The summed E-state index contributed by atoms with van der Waals surface area (Å²) < 4.78 is 5.39. The third-order valence-corrected chi connectivity index (χ3v) is 6.21. The summed E-state index contributed by atoms with van der Waals surface area (Å²) in [5.41, 5.74) is 1.45. The Bertz CT molecular complexity index is 900. The van der Waals surface area contributed by atoms with E-state index in [0.29, 0.717) is 33.0 Å². The Morgan fingerprint density at radius 1 is 1.33 bits per heavy atom. The monoisotopic (exact) mass is 403 g/mol. The smallest absolute Gasteiger partial charge is 0.262 e. The van der Waals surface area contributed by atoms with Gasteiger partial charge in [-0.15, -0.1) is 11.8 Å². The molecule has 140 valence electrons. The van der Waals surface area contributed by atoms with Gasteiger partial charge >= 0.3 is 0 Å². The number of pyridine rings is 1. The van der Waals surface area contributed by atoms with Gasteiger partial charge in [-0.2, -0.15) is 0 Å². The number of hydrogen-bond donors (Lipinski definition) is 2. The maximum Gasteiger partial charge on any atom is 0.262 e. The van der Waals surface area contributed by atoms with Crippen molar-refractivity contribution in [2.75, 3.05) is 17.2 Å². The number of aromatic nitrogens is 1. The number of benzene rings is 1. The van der Waals surface area contributed by atoms with Crippen molar-refractivity contribution in [1.82, 2.24) is 4.98 Å². The van der Waals surface area contributed by atoms with E-state index >= 15 is 0 Å². The normalized spacial score (nSPS) is 16.4. The van der Waals surface area contributed by atoms with Crippen LogP contribution in [-0.2, 0) is 4.79 Å². The van der Waals surface area contributed by atoms with Crippen molar-refractivity contribution in [3.05, 3.63) is 41.0 Å². The zero-order valence-corrected chi connectivity index (χ0v) is 16.0. The van der Waals surface area contributed by atoms with Gasteiger partial charge in [0.2, 0.25) is 0 Å². The molecular weight excluding hydrogens is 386 g/mol. The van der Waals surface area contributed by atoms with Gasteiger partial charge in [0, 0.05) is 17.5 Å². The molecule has 27 heavy (non-hydrogen) atoms. The maximum atomic E-state index is 12.8. The molecule has 1 aromatic heterocycles. The topological polar surface area (TPSA) is 80.3 Å². The molecule has 2 heterocycles. The van der Waals surface area contributed by atoms with E-state index in [-0.39, 0.29) is 18.4 Å². The Labute approximate surface area is 166 Å². The van der Waals surface area contributed by atoms with Crippen molar-refractivity contribution in [3.8, 4) is 5.75 Å². The number of thioether (sulfide) groups is 1. The zero-order chi connectivity index (χ0) is 18.8. The lowest BCUT2D eigenvalue weighted by Crippen LogP contribution is -2.25. The highest BCUT2D eigenvalue weighted by atomic mass is 35.5. The molecule has 0 unspecified atom stereocenters. The molecule has 0 bridgehead atoms. The number of halogens is 1. The minimum Gasteiger partial charge on any atom is -0.482 e. The fraction of sp³-hybridized carbons (Fsp3) is 0.316. The summed E-state index contributed by atoms with van der Waals surface area (Å²) in [6, 6.07) is 6.71. The van der Waals surface area contributed by atoms with Crippen LogP contribution in [0.1, 0.15) is 36.0 Å². The fourth-order valence-electron chi connectivity index (χ4n) is 3.21. The van der Waals surface area contributed by atoms with Gasteiger partial charge in [0.15, 0.2) is 6.61 Å². The molecule has 2 aliphatic rings. The minimum absolute atomic E-state index is 0.0627. The molecule has 2 amide bonds. The fourth-order valence-corrected chi connectivity index (χ4v) is 4.71. The molecule has 4 rings (SSSR count). The summed E-state index contributed by atoms with van der Waals surface area (Å²) in [6.07, 6.45) is 6.47. The van der Waals surface area contributed by atoms with Gasteiger partial charge in [0.05, 0.1) is 22.0 Å². The quantitative estimate of drug-likeness (QED) is 0.793. The van der Waals surface area contributed by atoms with Crippen molar-refractivity contribution < 1.29 is 14.3 Å². The van der Waals surface area contributed by atoms with Crippen LogP contribution in [0.2, 0.25) is 5.02 Å². The molecule has 1 saturated carbocycles. The first kappa shape index (κ1) is 18.1. The summed E-state index contributed by atoms with van der Waals surface area (Å²) >= 11 is 7.94. The van der Waals surface area contributed by atoms with E-state index in [0.717, 1.165) is 17.9 Å². The molecule has 1 aromatic carbocycles. The lowest BCUT2D eigenvalue weighted by molar-refractivity contribution is -0.118. The summed E-state index contributed by atoms with van der Waals surface area (Å²) in [5.74, 6) is -0.0365. The predicted octanol–water partition coefficient (Wildman–Crippen LogP) is 4.35. The molecule has 1 aliphatic heterocycles. The van der Waals surface area contributed by atoms with E-state index in [4.69, 9.17) is 16.3 Å². The number of anilines is 2. The first-order valence-corrected chi connectivity index (χ1v) is 10.0. The maximum absolute atomic E-state index is 12.8. The number of nitrogens with one attached hydrogen (secondary N) is 2. The number of fused-ring (bicyclic) bond motifs is 1. The predicted molar refractivity (Wildman–Crippen MR) is 106 cm³/mol. The zero-order valence-electron chi connectivity index (χ0n) is 14.5. The Kier molecular flexibility index (Phi) is 5.22. The van der Waals surface area contributed by atoms with Crippen molar-refractivity contribution in [1.29, 1.82) is 0 Å². The van der Waals surface area contributed by atoms with Gasteiger partial charge in [-0.3, -0.25) is 9.59 Å². The van der Waals surface area contributed by atoms with Crippen LogP contribution >= 0.6 is 23.4 Å². The average molecular weight is 404 g/mol. The summed E-state index contributed by atoms with van der Waals surface area (Å²) in [4.78, 5) is 28.7. The lowest BCUT2D eigenvalue weighted by atomic mass is 10.2. The van der Waals surface area contributed by atoms with Crippen LogP contribution in [0.25, 0.3) is 0 Å². The third kappa shape index (κ3) is 4.04. The molecule has 0 radical (unpaired) electrons. The van der Waals surface area contributed by atoms with Gasteiger partial charge in [-0.1, -0.05) is 24.4 Å². The SMILES string of the molecule is O=C1COc2cc(NC(=O)c3cccnc3SC3CCCC3)c(Cl)cc2N1. The Morgan fingerprint density at radius 2 is 2.15 bits per heavy atom. The third-order valence-electron chi connectivity index (χ3n) is 4.55. The molecule has 8 heteroatoms. The highest BCUT2D eigenvalue weighted by molar-refractivity contribution is 7.99. The number of nitrogens with zero attached hydrogens (tertiary/aromatic N) is 1. The van der Waals surface area contributed by atoms with Gasteiger partial charge in [0.25, 0.3) is 11.8 Å². The van der Waals surface area contributed by atoms with Crippen molar-refractivity contribution in [3.63, 3.8) is 0 Å². The average Bonchev–Trinajstić information content (AvgIpc) is 3.16. The molecule has 2 aromatic rings. The highest BCUT2D eigenvalue weighted by Gasteiger charge is 2.22. The van der Waals surface area contributed by atoms with Crippen LogP contribution in [0.5, 0.6) is 5.75 Å². The van der Waals surface area contributed by atoms with Gasteiger partial charge in [-0.25, -0.2) is 4.98 Å². The van der Waals surface area contributed by atoms with Gasteiger partial charge in [-0.05, 0) is 31.0 Å². The van der Waals surface area contributed by atoms with Crippen LogP contribution in [-0.4, -0.2) is 28.7 Å². The number of carbonyl (C=O) groups is 2. The molecule has 0 saturated heterocycles. The van der Waals surface area contributed by atoms with E-state index in [1.165, 1.54) is 12.8 Å². The molecule has 2 N–H and O–H groups in total. The number of carbonyl (C=O) groups excluding carboxylic acids is 2. The number of hydrogen-bond acceptors (Lipinski definition) is 5. The van der Waals surface area contributed by atoms with Crippen molar-refractivity contribution in [2.24, 2.45) is 0 Å². The van der Waals surface area contributed by atoms with Crippen LogP contribution in [0, 0.1) is 0 Å². The standard InChI is InChI=1S/C19H18ClN3O3S/c20-13-8-15-16(26-10-17(24)22-15)9-14(13)23-18(25)12-6-3-7-21-19(12)27-11-4-1-2-5-11/h3,6-9,11H,1-2,4-5,10H2,(H,22,24)(H,23,25). The highest BCUT2D eigenvalue weighted by Crippen LogP contribution is 2.38. The largest absolute Gasteiger partial charge is 0.482 e. The van der Waals surface area contributed by atoms with Crippen LogP contribution < -0.4 is 15.4 Å². The number of ether oxygens (including phenoxy) is 1. The Morgan fingerprint density at radius 3 is 2.96 bits per heavy atom. The van der Waals surface area contributed by atoms with E-state index in [1.54, 1.807) is 42.2 Å². The number of rotatable bonds is 4. The second-order valence-corrected chi connectivity index (χ2v) is 8.20. The summed E-state index contributed by atoms with van der Waals surface area (Å²) in [6.45, 7) is -0.0627. The van der Waals surface area contributed by atoms with Crippen molar-refractivity contribution in [2.45, 2.75) is 36.0 Å². The van der Waals surface area contributed by atoms with Gasteiger partial charge < -0.3 is 15.4 Å². The molecule has 1 fully saturated rings. The molecule has 6 nitrogen and oxygen atoms in total. The summed E-state index contributed by atoms with van der Waals surface area (Å²) in [5, 5.41) is 7.09. The second-order valence-electron chi connectivity index (χ2n) is 6.50. The first-order chi connectivity index (χ1) is 13.1. The van der Waals surface area contributed by atoms with E-state index in [1.807, 2.05) is 0 Å². The van der Waals surface area contributed by atoms with Crippen molar-refractivity contribution >= 4 is 46.6 Å². The summed E-state index contributed by atoms with van der Waals surface area (Å²) in [7, 11) is 0. The van der Waals surface area contributed by atoms with Crippen LogP contribution in [0.15, 0.2) is 35.5 Å². The lowest BCUT2D eigenvalue weighted by Gasteiger charge is -2.20. The number of amides is 2. The Balaban J connectivity index is 1.55. The van der Waals surface area contributed by atoms with Gasteiger partial charge in [0.1, 0.15) is 10.8 Å². The minimum atomic E-state index is -0.273. The molecular formula is C19H18ClN3O3S. The molecule has 1 aliphatic carbocycles. The van der Waals surface area contributed by atoms with E-state index < -0.39 is 0 Å². The Hall–Kier alpha value is -2.25. The van der Waals surface area contributed by atoms with Crippen LogP contribution in [0.3, 0.4) is 0 Å². The van der Waals surface area contributed by atoms with Crippen LogP contribution in [0.4, 0.5) is 11.4 Å². The second kappa shape index (κ2) is 7.78. The van der Waals surface area contributed by atoms with E-state index in [2.05, 4.69) is 15.6 Å².